The molecule has 0 saturated carbocycles. The number of likely N-dealkylation sites (tertiary alicyclic amines) is 1. The second-order valence-corrected chi connectivity index (χ2v) is 8.00. The van der Waals surface area contributed by atoms with Crippen molar-refractivity contribution < 1.29 is 9.47 Å². The zero-order valence-electron chi connectivity index (χ0n) is 18.6. The molecule has 3 heterocycles. The second-order valence-electron chi connectivity index (χ2n) is 8.00. The average Bonchev–Trinajstić information content (AvgIpc) is 3.28. The van der Waals surface area contributed by atoms with E-state index in [0.29, 0.717) is 19.1 Å². The molecule has 3 rings (SSSR count). The monoisotopic (exact) mass is 534 g/mol. The van der Waals surface area contributed by atoms with Crippen molar-refractivity contribution in [1.29, 1.82) is 0 Å². The van der Waals surface area contributed by atoms with Crippen molar-refractivity contribution >= 4 is 29.9 Å². The van der Waals surface area contributed by atoms with Gasteiger partial charge in [0.15, 0.2) is 5.96 Å². The van der Waals surface area contributed by atoms with Crippen LogP contribution in [0.15, 0.2) is 4.99 Å². The first-order valence-corrected chi connectivity index (χ1v) is 11.3. The highest BCUT2D eigenvalue weighted by molar-refractivity contribution is 14.0. The quantitative estimate of drug-likeness (QED) is 0.215. The van der Waals surface area contributed by atoms with Gasteiger partial charge in [0.05, 0.1) is 19.8 Å². The van der Waals surface area contributed by atoms with Crippen molar-refractivity contribution in [3.8, 4) is 0 Å². The molecule has 8 nitrogen and oxygen atoms in total. The van der Waals surface area contributed by atoms with Crippen LogP contribution in [0.4, 0.5) is 0 Å². The smallest absolute Gasteiger partial charge is 0.193 e. The molecular weight excluding hydrogens is 495 g/mol. The van der Waals surface area contributed by atoms with E-state index in [2.05, 4.69) is 31.9 Å². The molecule has 2 aliphatic heterocycles. The van der Waals surface area contributed by atoms with Gasteiger partial charge in [-0.25, -0.2) is 0 Å². The van der Waals surface area contributed by atoms with E-state index in [0.717, 1.165) is 76.8 Å². The number of nitrogens with one attached hydrogen (secondary N) is 1. The summed E-state index contributed by atoms with van der Waals surface area (Å²) >= 11 is 0. The molecular formula is C21H39IN6O2. The summed E-state index contributed by atoms with van der Waals surface area (Å²) in [5.41, 5.74) is 0. The maximum absolute atomic E-state index is 5.71. The Hall–Kier alpha value is -0.940. The van der Waals surface area contributed by atoms with Crippen LogP contribution in [0.3, 0.4) is 0 Å². The number of nitrogens with zero attached hydrogens (tertiary/aromatic N) is 5. The first-order valence-electron chi connectivity index (χ1n) is 11.3. The minimum absolute atomic E-state index is 0. The summed E-state index contributed by atoms with van der Waals surface area (Å²) in [6.07, 6.45) is 7.96. The molecule has 0 aliphatic carbocycles. The standard InChI is InChI=1S/C21H38N6O2.HI/c1-3-22-21(26-13-10-18(16-26)17-29-15-14-28-2)23-11-7-9-20-25-24-19-8-5-4-6-12-27(19)20;/h18H,3-17H2,1-2H3,(H,22,23);1H. The topological polar surface area (TPSA) is 76.8 Å². The van der Waals surface area contributed by atoms with Crippen molar-refractivity contribution in [2.24, 2.45) is 10.9 Å². The highest BCUT2D eigenvalue weighted by atomic mass is 127. The van der Waals surface area contributed by atoms with Crippen molar-refractivity contribution in [2.45, 2.75) is 58.4 Å². The Morgan fingerprint density at radius 1 is 1.20 bits per heavy atom. The van der Waals surface area contributed by atoms with Gasteiger partial charge in [-0.2, -0.15) is 0 Å². The molecule has 1 saturated heterocycles. The van der Waals surface area contributed by atoms with Gasteiger partial charge in [0, 0.05) is 58.6 Å². The molecule has 0 bridgehead atoms. The van der Waals surface area contributed by atoms with Crippen LogP contribution < -0.4 is 5.32 Å². The Bertz CT molecular complexity index is 639. The lowest BCUT2D eigenvalue weighted by Gasteiger charge is -2.21. The number of hydrogen-bond acceptors (Lipinski definition) is 5. The summed E-state index contributed by atoms with van der Waals surface area (Å²) in [5, 5.41) is 12.3. The molecule has 0 spiro atoms. The van der Waals surface area contributed by atoms with Gasteiger partial charge in [-0.1, -0.05) is 6.42 Å². The van der Waals surface area contributed by atoms with Gasteiger partial charge >= 0.3 is 0 Å². The number of rotatable bonds is 10. The number of ether oxygens (including phenoxy) is 2. The van der Waals surface area contributed by atoms with Crippen LogP contribution in [0.2, 0.25) is 0 Å². The van der Waals surface area contributed by atoms with E-state index in [-0.39, 0.29) is 24.0 Å². The summed E-state index contributed by atoms with van der Waals surface area (Å²) in [6, 6.07) is 0. The molecule has 2 aliphatic rings. The van der Waals surface area contributed by atoms with Crippen LogP contribution in [0, 0.1) is 5.92 Å². The molecule has 1 atom stereocenters. The van der Waals surface area contributed by atoms with Crippen molar-refractivity contribution in [3.05, 3.63) is 11.6 Å². The normalized spacial score (nSPS) is 19.3. The Kier molecular flexibility index (Phi) is 12.0. The van der Waals surface area contributed by atoms with Crippen LogP contribution in [0.5, 0.6) is 0 Å². The zero-order chi connectivity index (χ0) is 20.3. The van der Waals surface area contributed by atoms with E-state index in [4.69, 9.17) is 14.5 Å². The summed E-state index contributed by atoms with van der Waals surface area (Å²) in [7, 11) is 1.71. The van der Waals surface area contributed by atoms with Gasteiger partial charge in [-0.15, -0.1) is 34.2 Å². The third-order valence-electron chi connectivity index (χ3n) is 5.71. The van der Waals surface area contributed by atoms with E-state index < -0.39 is 0 Å². The molecule has 1 N–H and O–H groups in total. The van der Waals surface area contributed by atoms with Crippen molar-refractivity contribution in [3.63, 3.8) is 0 Å². The molecule has 9 heteroatoms. The number of hydrogen-bond donors (Lipinski definition) is 1. The summed E-state index contributed by atoms with van der Waals surface area (Å²) < 4.78 is 13.1. The fourth-order valence-corrected chi connectivity index (χ4v) is 4.13. The molecule has 30 heavy (non-hydrogen) atoms. The largest absolute Gasteiger partial charge is 0.382 e. The number of aromatic nitrogens is 3. The summed E-state index contributed by atoms with van der Waals surface area (Å²) in [4.78, 5) is 7.25. The van der Waals surface area contributed by atoms with Gasteiger partial charge in [0.2, 0.25) is 0 Å². The highest BCUT2D eigenvalue weighted by Gasteiger charge is 2.25. The number of guanidine groups is 1. The fraction of sp³-hybridized carbons (Fsp3) is 0.857. The lowest BCUT2D eigenvalue weighted by Crippen LogP contribution is -2.40. The van der Waals surface area contributed by atoms with E-state index in [1.54, 1.807) is 7.11 Å². The lowest BCUT2D eigenvalue weighted by molar-refractivity contribution is 0.0536. The molecule has 1 fully saturated rings. The number of aliphatic imine (C=N–C) groups is 1. The fourth-order valence-electron chi connectivity index (χ4n) is 4.13. The molecule has 0 aromatic carbocycles. The molecule has 0 amide bonds. The van der Waals surface area contributed by atoms with Gasteiger partial charge in [-0.05, 0) is 32.6 Å². The van der Waals surface area contributed by atoms with Gasteiger partial charge in [-0.3, -0.25) is 4.99 Å². The molecule has 0 radical (unpaired) electrons. The highest BCUT2D eigenvalue weighted by Crippen LogP contribution is 2.17. The predicted molar refractivity (Wildman–Crippen MR) is 130 cm³/mol. The molecule has 172 valence electrons. The van der Waals surface area contributed by atoms with Crippen LogP contribution in [-0.2, 0) is 28.9 Å². The zero-order valence-corrected chi connectivity index (χ0v) is 21.0. The van der Waals surface area contributed by atoms with Crippen LogP contribution in [-0.4, -0.2) is 78.7 Å². The SMILES string of the molecule is CCNC(=NCCCc1nnc2n1CCCCC2)N1CCC(COCCOC)C1.I. The third-order valence-corrected chi connectivity index (χ3v) is 5.71. The predicted octanol–water partition coefficient (Wildman–Crippen LogP) is 2.51. The molecule has 1 aromatic heterocycles. The maximum atomic E-state index is 5.71. The Labute approximate surface area is 198 Å². The average molecular weight is 534 g/mol. The van der Waals surface area contributed by atoms with E-state index in [9.17, 15) is 0 Å². The minimum atomic E-state index is 0. The van der Waals surface area contributed by atoms with Crippen molar-refractivity contribution in [1.82, 2.24) is 25.0 Å². The number of aryl methyl sites for hydroxylation is 2. The van der Waals surface area contributed by atoms with Gasteiger partial charge in [0.25, 0.3) is 0 Å². The summed E-state index contributed by atoms with van der Waals surface area (Å²) in [6.45, 7) is 9.10. The first-order chi connectivity index (χ1) is 14.3. The van der Waals surface area contributed by atoms with Crippen LogP contribution in [0.1, 0.15) is 50.7 Å². The summed E-state index contributed by atoms with van der Waals surface area (Å²) in [5.74, 6) is 3.91. The maximum Gasteiger partial charge on any atom is 0.193 e. The van der Waals surface area contributed by atoms with Crippen LogP contribution >= 0.6 is 24.0 Å². The Balaban J connectivity index is 0.00000320. The third kappa shape index (κ3) is 7.64. The van der Waals surface area contributed by atoms with Crippen LogP contribution in [0.25, 0.3) is 0 Å². The lowest BCUT2D eigenvalue weighted by atomic mass is 10.1. The second kappa shape index (κ2) is 14.2. The van der Waals surface area contributed by atoms with Gasteiger partial charge in [0.1, 0.15) is 11.6 Å². The molecule has 1 unspecified atom stereocenters. The first kappa shape index (κ1) is 25.3. The van der Waals surface area contributed by atoms with Gasteiger partial charge < -0.3 is 24.3 Å². The van der Waals surface area contributed by atoms with E-state index in [1.807, 2.05) is 0 Å². The number of methoxy groups -OCH3 is 1. The number of halogens is 1. The molecule has 1 aromatic rings. The minimum Gasteiger partial charge on any atom is -0.382 e. The Morgan fingerprint density at radius 2 is 2.10 bits per heavy atom. The van der Waals surface area contributed by atoms with E-state index >= 15 is 0 Å². The Morgan fingerprint density at radius 3 is 2.93 bits per heavy atom. The van der Waals surface area contributed by atoms with Crippen molar-refractivity contribution in [2.75, 3.05) is 53.1 Å². The number of fused-ring (bicyclic) bond motifs is 1. The van der Waals surface area contributed by atoms with E-state index in [1.165, 1.54) is 25.1 Å².